The normalized spacial score (nSPS) is 14.7. The molecule has 1 aromatic carbocycles. The molecule has 0 radical (unpaired) electrons. The Morgan fingerprint density at radius 1 is 1.00 bits per heavy atom. The van der Waals surface area contributed by atoms with E-state index in [0.717, 1.165) is 62.2 Å². The predicted molar refractivity (Wildman–Crippen MR) is 141 cm³/mol. The van der Waals surface area contributed by atoms with Gasteiger partial charge in [0.25, 0.3) is 0 Å². The first-order chi connectivity index (χ1) is 18.0. The topological polar surface area (TPSA) is 112 Å². The highest BCUT2D eigenvalue weighted by Crippen LogP contribution is 2.15. The van der Waals surface area contributed by atoms with Gasteiger partial charge in [-0.15, -0.1) is 0 Å². The van der Waals surface area contributed by atoms with E-state index in [1.54, 1.807) is 29.4 Å². The van der Waals surface area contributed by atoms with Crippen LogP contribution in [0.15, 0.2) is 48.8 Å². The number of pyridine rings is 1. The van der Waals surface area contributed by atoms with Crippen LogP contribution in [-0.2, 0) is 11.2 Å². The minimum absolute atomic E-state index is 0.181. The number of nitrogens with one attached hydrogen (secondary N) is 1. The van der Waals surface area contributed by atoms with Gasteiger partial charge in [-0.3, -0.25) is 19.5 Å². The van der Waals surface area contributed by atoms with Crippen LogP contribution in [0.1, 0.15) is 54.9 Å². The molecule has 9 heteroatoms. The molecule has 0 unspecified atom stereocenters. The molecule has 1 aliphatic rings. The number of Topliss-reactive ketones (excluding diaryl/α,β-unsaturated/α-hetero) is 1. The van der Waals surface area contributed by atoms with Gasteiger partial charge in [0.2, 0.25) is 5.91 Å². The SMILES string of the molecule is CCCCCC(=O)c1ccc(OCCCN2CCN(C(=O)[C@@H](Cc3ccncc3)NC(=O)O)CC2)cc1. The van der Waals surface area contributed by atoms with E-state index in [1.807, 2.05) is 24.3 Å². The highest BCUT2D eigenvalue weighted by atomic mass is 16.5. The molecule has 3 rings (SSSR count). The van der Waals surface area contributed by atoms with E-state index in [2.05, 4.69) is 22.1 Å². The standard InChI is InChI=1S/C28H38N4O5/c1-2-3-4-6-26(33)23-7-9-24(10-8-23)37-20-5-15-31-16-18-32(19-17-31)27(34)25(30-28(35)36)21-22-11-13-29-14-12-22/h7-14,25,30H,2-6,15-21H2,1H3,(H,35,36)/t25-/m1/s1. The van der Waals surface area contributed by atoms with Crippen LogP contribution in [0, 0.1) is 0 Å². The molecule has 37 heavy (non-hydrogen) atoms. The molecule has 2 N–H and O–H groups in total. The van der Waals surface area contributed by atoms with E-state index in [4.69, 9.17) is 4.74 Å². The molecule has 9 nitrogen and oxygen atoms in total. The quantitative estimate of drug-likeness (QED) is 0.295. The number of amides is 2. The summed E-state index contributed by atoms with van der Waals surface area (Å²) in [5.41, 5.74) is 1.59. The third-order valence-electron chi connectivity index (χ3n) is 6.54. The molecule has 2 heterocycles. The van der Waals surface area contributed by atoms with Crippen molar-refractivity contribution in [2.24, 2.45) is 0 Å². The van der Waals surface area contributed by atoms with Crippen molar-refractivity contribution >= 4 is 17.8 Å². The smallest absolute Gasteiger partial charge is 0.405 e. The van der Waals surface area contributed by atoms with E-state index in [1.165, 1.54) is 0 Å². The van der Waals surface area contributed by atoms with Crippen molar-refractivity contribution in [2.45, 2.75) is 51.5 Å². The van der Waals surface area contributed by atoms with E-state index in [0.29, 0.717) is 32.5 Å². The van der Waals surface area contributed by atoms with Crippen LogP contribution >= 0.6 is 0 Å². The molecule has 2 aromatic rings. The maximum Gasteiger partial charge on any atom is 0.405 e. The van der Waals surface area contributed by atoms with E-state index >= 15 is 0 Å². The summed E-state index contributed by atoms with van der Waals surface area (Å²) >= 11 is 0. The van der Waals surface area contributed by atoms with Gasteiger partial charge in [-0.25, -0.2) is 4.79 Å². The van der Waals surface area contributed by atoms with Gasteiger partial charge >= 0.3 is 6.09 Å². The lowest BCUT2D eigenvalue weighted by molar-refractivity contribution is -0.135. The number of nitrogens with zero attached hydrogens (tertiary/aromatic N) is 3. The van der Waals surface area contributed by atoms with Crippen LogP contribution in [0.25, 0.3) is 0 Å². The number of ether oxygens (including phenoxy) is 1. The number of rotatable bonds is 14. The second kappa shape index (κ2) is 14.9. The van der Waals surface area contributed by atoms with Crippen molar-refractivity contribution in [3.05, 3.63) is 59.9 Å². The largest absolute Gasteiger partial charge is 0.494 e. The first kappa shape index (κ1) is 28.1. The van der Waals surface area contributed by atoms with Gasteiger partial charge in [0.15, 0.2) is 5.78 Å². The summed E-state index contributed by atoms with van der Waals surface area (Å²) in [5, 5.41) is 11.6. The van der Waals surface area contributed by atoms with Crippen molar-refractivity contribution in [1.29, 1.82) is 0 Å². The Hall–Kier alpha value is -3.46. The molecule has 1 saturated heterocycles. The van der Waals surface area contributed by atoms with Gasteiger partial charge in [0.05, 0.1) is 6.61 Å². The Morgan fingerprint density at radius 2 is 1.70 bits per heavy atom. The fraction of sp³-hybridized carbons (Fsp3) is 0.500. The van der Waals surface area contributed by atoms with Crippen LogP contribution in [-0.4, -0.2) is 83.0 Å². The lowest BCUT2D eigenvalue weighted by atomic mass is 10.0. The number of carbonyl (C=O) groups excluding carboxylic acids is 2. The van der Waals surface area contributed by atoms with E-state index < -0.39 is 12.1 Å². The lowest BCUT2D eigenvalue weighted by Crippen LogP contribution is -2.55. The summed E-state index contributed by atoms with van der Waals surface area (Å²) in [5.74, 6) is 0.737. The summed E-state index contributed by atoms with van der Waals surface area (Å²) in [7, 11) is 0. The summed E-state index contributed by atoms with van der Waals surface area (Å²) in [6, 6.07) is 10.1. The number of hydrogen-bond acceptors (Lipinski definition) is 6. The molecule has 0 spiro atoms. The summed E-state index contributed by atoms with van der Waals surface area (Å²) in [6.07, 6.45) is 6.89. The predicted octanol–water partition coefficient (Wildman–Crippen LogP) is 3.64. The zero-order chi connectivity index (χ0) is 26.5. The Morgan fingerprint density at radius 3 is 2.35 bits per heavy atom. The maximum absolute atomic E-state index is 13.0. The average molecular weight is 511 g/mol. The van der Waals surface area contributed by atoms with Gasteiger partial charge in [-0.05, 0) is 54.8 Å². The Balaban J connectivity index is 1.36. The lowest BCUT2D eigenvalue weighted by Gasteiger charge is -2.36. The van der Waals surface area contributed by atoms with Gasteiger partial charge in [-0.2, -0.15) is 0 Å². The van der Waals surface area contributed by atoms with E-state index in [-0.39, 0.29) is 11.7 Å². The van der Waals surface area contributed by atoms with Crippen molar-refractivity contribution in [3.63, 3.8) is 0 Å². The van der Waals surface area contributed by atoms with Gasteiger partial charge < -0.3 is 20.1 Å². The zero-order valence-electron chi connectivity index (χ0n) is 21.6. The number of piperazine rings is 1. The first-order valence-corrected chi connectivity index (χ1v) is 13.1. The van der Waals surface area contributed by atoms with Crippen LogP contribution in [0.2, 0.25) is 0 Å². The fourth-order valence-electron chi connectivity index (χ4n) is 4.41. The molecule has 1 atom stereocenters. The third kappa shape index (κ3) is 9.49. The summed E-state index contributed by atoms with van der Waals surface area (Å²) in [4.78, 5) is 44.5. The second-order valence-corrected chi connectivity index (χ2v) is 9.34. The van der Waals surface area contributed by atoms with Crippen molar-refractivity contribution < 1.29 is 24.2 Å². The molecule has 1 fully saturated rings. The molecular weight excluding hydrogens is 472 g/mol. The first-order valence-electron chi connectivity index (χ1n) is 13.1. The fourth-order valence-corrected chi connectivity index (χ4v) is 4.41. The third-order valence-corrected chi connectivity index (χ3v) is 6.54. The van der Waals surface area contributed by atoms with Crippen LogP contribution < -0.4 is 10.1 Å². The summed E-state index contributed by atoms with van der Waals surface area (Å²) < 4.78 is 5.84. The zero-order valence-corrected chi connectivity index (χ0v) is 21.6. The van der Waals surface area contributed by atoms with E-state index in [9.17, 15) is 19.5 Å². The number of hydrogen-bond donors (Lipinski definition) is 2. The number of aromatic nitrogens is 1. The number of carboxylic acid groups (broad SMARTS) is 1. The molecule has 0 saturated carbocycles. The average Bonchev–Trinajstić information content (AvgIpc) is 2.91. The number of carbonyl (C=O) groups is 3. The van der Waals surface area contributed by atoms with Crippen LogP contribution in [0.4, 0.5) is 4.79 Å². The minimum Gasteiger partial charge on any atom is -0.494 e. The van der Waals surface area contributed by atoms with Crippen LogP contribution in [0.5, 0.6) is 5.75 Å². The Kier molecular flexibility index (Phi) is 11.4. The van der Waals surface area contributed by atoms with Crippen molar-refractivity contribution in [2.75, 3.05) is 39.3 Å². The maximum atomic E-state index is 13.0. The van der Waals surface area contributed by atoms with Gasteiger partial charge in [0, 0.05) is 63.5 Å². The number of unbranched alkanes of at least 4 members (excludes halogenated alkanes) is 2. The highest BCUT2D eigenvalue weighted by Gasteiger charge is 2.28. The summed E-state index contributed by atoms with van der Waals surface area (Å²) in [6.45, 7) is 6.12. The molecule has 1 aliphatic heterocycles. The van der Waals surface area contributed by atoms with Crippen molar-refractivity contribution in [1.82, 2.24) is 20.1 Å². The number of benzene rings is 1. The molecule has 2 amide bonds. The molecule has 1 aromatic heterocycles. The molecular formula is C28H38N4O5. The number of ketones is 1. The van der Waals surface area contributed by atoms with Gasteiger partial charge in [-0.1, -0.05) is 19.8 Å². The molecule has 0 bridgehead atoms. The molecule has 0 aliphatic carbocycles. The van der Waals surface area contributed by atoms with Gasteiger partial charge in [0.1, 0.15) is 11.8 Å². The minimum atomic E-state index is -1.21. The second-order valence-electron chi connectivity index (χ2n) is 9.34. The monoisotopic (exact) mass is 510 g/mol. The Bertz CT molecular complexity index is 991. The molecule has 200 valence electrons. The highest BCUT2D eigenvalue weighted by molar-refractivity contribution is 5.96. The Labute approximate surface area is 218 Å². The van der Waals surface area contributed by atoms with Crippen molar-refractivity contribution in [3.8, 4) is 5.75 Å². The van der Waals surface area contributed by atoms with Crippen LogP contribution in [0.3, 0.4) is 0 Å².